The highest BCUT2D eigenvalue weighted by Gasteiger charge is 2.36. The van der Waals surface area contributed by atoms with Crippen molar-refractivity contribution < 1.29 is 17.6 Å². The lowest BCUT2D eigenvalue weighted by atomic mass is 10.1. The SMILES string of the molecule is CCn1c(=O)oc2cc(S(=O)(=O)N3CC(C)N(CCOC)C(C)C3)ccc21. The summed E-state index contributed by atoms with van der Waals surface area (Å²) < 4.78 is 39.7. The number of oxazole rings is 1. The normalized spacial score (nSPS) is 22.5. The largest absolute Gasteiger partial charge is 0.419 e. The van der Waals surface area contributed by atoms with Gasteiger partial charge in [-0.05, 0) is 32.9 Å². The van der Waals surface area contributed by atoms with Gasteiger partial charge in [-0.2, -0.15) is 4.31 Å². The zero-order valence-electron chi connectivity index (χ0n) is 16.2. The van der Waals surface area contributed by atoms with Gasteiger partial charge in [-0.1, -0.05) is 0 Å². The molecule has 9 heteroatoms. The van der Waals surface area contributed by atoms with E-state index in [1.54, 1.807) is 19.2 Å². The maximum absolute atomic E-state index is 13.2. The predicted octanol–water partition coefficient (Wildman–Crippen LogP) is 1.34. The average molecular weight is 397 g/mol. The first-order valence-corrected chi connectivity index (χ1v) is 10.6. The van der Waals surface area contributed by atoms with Crippen LogP contribution in [0.25, 0.3) is 11.1 Å². The first kappa shape index (κ1) is 20.1. The molecule has 3 rings (SSSR count). The first-order chi connectivity index (χ1) is 12.8. The van der Waals surface area contributed by atoms with E-state index in [0.717, 1.165) is 6.54 Å². The fourth-order valence-corrected chi connectivity index (χ4v) is 5.42. The summed E-state index contributed by atoms with van der Waals surface area (Å²) in [6, 6.07) is 4.80. The Morgan fingerprint density at radius 2 is 1.89 bits per heavy atom. The van der Waals surface area contributed by atoms with Crippen molar-refractivity contribution >= 4 is 21.1 Å². The van der Waals surface area contributed by atoms with Crippen LogP contribution in [0, 0.1) is 0 Å². The Kier molecular flexibility index (Phi) is 5.76. The standard InChI is InChI=1S/C18H27N3O5S/c1-5-20-16-7-6-15(10-17(16)26-18(20)22)27(23,24)19-11-13(2)21(8-9-25-4)14(3)12-19/h6-7,10,13-14H,5,8-9,11-12H2,1-4H3. The molecule has 2 heterocycles. The molecule has 0 bridgehead atoms. The van der Waals surface area contributed by atoms with Gasteiger partial charge >= 0.3 is 5.76 Å². The molecule has 1 aliphatic heterocycles. The van der Waals surface area contributed by atoms with Crippen molar-refractivity contribution in [3.8, 4) is 0 Å². The predicted molar refractivity (Wildman–Crippen MR) is 102 cm³/mol. The van der Waals surface area contributed by atoms with Crippen LogP contribution < -0.4 is 5.76 Å². The van der Waals surface area contributed by atoms with Crippen molar-refractivity contribution in [2.45, 2.75) is 44.3 Å². The number of ether oxygens (including phenoxy) is 1. The monoisotopic (exact) mass is 397 g/mol. The third kappa shape index (κ3) is 3.69. The Morgan fingerprint density at radius 1 is 1.22 bits per heavy atom. The number of sulfonamides is 1. The summed E-state index contributed by atoms with van der Waals surface area (Å²) in [7, 11) is -2.01. The maximum Gasteiger partial charge on any atom is 0.419 e. The number of fused-ring (bicyclic) bond motifs is 1. The minimum atomic E-state index is -3.67. The second-order valence-corrected chi connectivity index (χ2v) is 8.93. The fourth-order valence-electron chi connectivity index (χ4n) is 3.80. The van der Waals surface area contributed by atoms with E-state index in [2.05, 4.69) is 4.90 Å². The molecule has 2 atom stereocenters. The molecule has 1 fully saturated rings. The highest BCUT2D eigenvalue weighted by Crippen LogP contribution is 2.25. The zero-order valence-corrected chi connectivity index (χ0v) is 17.0. The van der Waals surface area contributed by atoms with Gasteiger partial charge in [0.1, 0.15) is 0 Å². The maximum atomic E-state index is 13.2. The molecule has 2 aromatic rings. The van der Waals surface area contributed by atoms with Crippen LogP contribution in [0.3, 0.4) is 0 Å². The van der Waals surface area contributed by atoms with Crippen molar-refractivity contribution in [2.24, 2.45) is 0 Å². The van der Waals surface area contributed by atoms with Crippen molar-refractivity contribution in [2.75, 3.05) is 33.4 Å². The van der Waals surface area contributed by atoms with Crippen LogP contribution in [0.4, 0.5) is 0 Å². The summed E-state index contributed by atoms with van der Waals surface area (Å²) in [6.45, 7) is 8.57. The van der Waals surface area contributed by atoms with Crippen LogP contribution in [-0.2, 0) is 21.3 Å². The molecule has 27 heavy (non-hydrogen) atoms. The Morgan fingerprint density at radius 3 is 2.48 bits per heavy atom. The van der Waals surface area contributed by atoms with Crippen LogP contribution in [-0.4, -0.2) is 67.6 Å². The fraction of sp³-hybridized carbons (Fsp3) is 0.611. The molecule has 1 aromatic heterocycles. The van der Waals surface area contributed by atoms with Crippen LogP contribution in [0.15, 0.2) is 32.3 Å². The summed E-state index contributed by atoms with van der Waals surface area (Å²) in [5.41, 5.74) is 0.898. The summed E-state index contributed by atoms with van der Waals surface area (Å²) in [5, 5.41) is 0. The molecule has 0 N–H and O–H groups in total. The average Bonchev–Trinajstić information content (AvgIpc) is 2.94. The van der Waals surface area contributed by atoms with Gasteiger partial charge in [0.25, 0.3) is 0 Å². The molecule has 1 aromatic carbocycles. The van der Waals surface area contributed by atoms with Crippen LogP contribution in [0.5, 0.6) is 0 Å². The molecule has 0 radical (unpaired) electrons. The Bertz CT molecular complexity index is 953. The quantitative estimate of drug-likeness (QED) is 0.731. The van der Waals surface area contributed by atoms with Gasteiger partial charge in [-0.15, -0.1) is 0 Å². The summed E-state index contributed by atoms with van der Waals surface area (Å²) >= 11 is 0. The van der Waals surface area contributed by atoms with Crippen molar-refractivity contribution in [3.63, 3.8) is 0 Å². The van der Waals surface area contributed by atoms with Crippen molar-refractivity contribution in [3.05, 3.63) is 28.7 Å². The lowest BCUT2D eigenvalue weighted by Crippen LogP contribution is -2.58. The van der Waals surface area contributed by atoms with E-state index in [1.807, 2.05) is 20.8 Å². The Labute approximate surface area is 159 Å². The van der Waals surface area contributed by atoms with Crippen molar-refractivity contribution in [1.82, 2.24) is 13.8 Å². The molecular weight excluding hydrogens is 370 g/mol. The number of aryl methyl sites for hydroxylation is 1. The summed E-state index contributed by atoms with van der Waals surface area (Å²) in [4.78, 5) is 14.3. The van der Waals surface area contributed by atoms with Crippen LogP contribution >= 0.6 is 0 Å². The molecular formula is C18H27N3O5S. The smallest absolute Gasteiger partial charge is 0.408 e. The zero-order chi connectivity index (χ0) is 19.8. The van der Waals surface area contributed by atoms with Gasteiger partial charge in [0.2, 0.25) is 10.0 Å². The second kappa shape index (κ2) is 7.75. The van der Waals surface area contributed by atoms with E-state index >= 15 is 0 Å². The molecule has 1 aliphatic rings. The van der Waals surface area contributed by atoms with Gasteiger partial charge in [0, 0.05) is 51.4 Å². The van der Waals surface area contributed by atoms with E-state index in [4.69, 9.17) is 9.15 Å². The Hall–Kier alpha value is -1.68. The lowest BCUT2D eigenvalue weighted by molar-refractivity contribution is 0.0496. The molecule has 0 amide bonds. The molecule has 2 unspecified atom stereocenters. The number of methoxy groups -OCH3 is 1. The number of hydrogen-bond donors (Lipinski definition) is 0. The summed E-state index contributed by atoms with van der Waals surface area (Å²) in [6.07, 6.45) is 0. The minimum absolute atomic E-state index is 0.0847. The van der Waals surface area contributed by atoms with Gasteiger partial charge in [-0.3, -0.25) is 9.47 Å². The van der Waals surface area contributed by atoms with Crippen LogP contribution in [0.2, 0.25) is 0 Å². The highest BCUT2D eigenvalue weighted by molar-refractivity contribution is 7.89. The molecule has 1 saturated heterocycles. The van der Waals surface area contributed by atoms with Gasteiger partial charge in [-0.25, -0.2) is 13.2 Å². The third-order valence-electron chi connectivity index (χ3n) is 5.22. The van der Waals surface area contributed by atoms with Gasteiger partial charge in [0.15, 0.2) is 5.58 Å². The second-order valence-electron chi connectivity index (χ2n) is 6.99. The van der Waals surface area contributed by atoms with E-state index in [1.165, 1.54) is 14.9 Å². The number of hydrogen-bond acceptors (Lipinski definition) is 6. The number of benzene rings is 1. The van der Waals surface area contributed by atoms with Gasteiger partial charge < -0.3 is 9.15 Å². The van der Waals surface area contributed by atoms with Gasteiger partial charge in [0.05, 0.1) is 17.0 Å². The number of aromatic nitrogens is 1. The molecule has 150 valence electrons. The molecule has 8 nitrogen and oxygen atoms in total. The third-order valence-corrected chi connectivity index (χ3v) is 7.04. The lowest BCUT2D eigenvalue weighted by Gasteiger charge is -2.43. The van der Waals surface area contributed by atoms with Crippen molar-refractivity contribution in [1.29, 1.82) is 0 Å². The Balaban J connectivity index is 1.88. The summed E-state index contributed by atoms with van der Waals surface area (Å²) in [5.74, 6) is -0.476. The van der Waals surface area contributed by atoms with E-state index in [-0.39, 0.29) is 17.0 Å². The molecule has 0 aliphatic carbocycles. The minimum Gasteiger partial charge on any atom is -0.408 e. The number of rotatable bonds is 6. The van der Waals surface area contributed by atoms with E-state index in [9.17, 15) is 13.2 Å². The van der Waals surface area contributed by atoms with Crippen LogP contribution in [0.1, 0.15) is 20.8 Å². The number of nitrogens with zero attached hydrogens (tertiary/aromatic N) is 3. The topological polar surface area (TPSA) is 85.0 Å². The highest BCUT2D eigenvalue weighted by atomic mass is 32.2. The van der Waals surface area contributed by atoms with E-state index < -0.39 is 15.8 Å². The molecule has 0 spiro atoms. The number of piperazine rings is 1. The van der Waals surface area contributed by atoms with E-state index in [0.29, 0.717) is 37.3 Å². The molecule has 0 saturated carbocycles. The first-order valence-electron chi connectivity index (χ1n) is 9.17.